The van der Waals surface area contributed by atoms with Gasteiger partial charge in [0.1, 0.15) is 11.1 Å². The van der Waals surface area contributed by atoms with E-state index in [4.69, 9.17) is 11.6 Å². The lowest BCUT2D eigenvalue weighted by Gasteiger charge is -2.01. The molecule has 3 nitrogen and oxygen atoms in total. The third kappa shape index (κ3) is 3.87. The van der Waals surface area contributed by atoms with Crippen LogP contribution in [0.2, 0.25) is 5.02 Å². The molecule has 0 radical (unpaired) electrons. The molecule has 1 heterocycles. The number of nitrogens with one attached hydrogen (secondary N) is 1. The van der Waals surface area contributed by atoms with Crippen LogP contribution in [0, 0.1) is 11.3 Å². The molecule has 1 aliphatic rings. The van der Waals surface area contributed by atoms with Crippen molar-refractivity contribution in [2.75, 3.05) is 5.32 Å². The molecule has 1 aromatic carbocycles. The van der Waals surface area contributed by atoms with Gasteiger partial charge in [-0.3, -0.25) is 4.79 Å². The molecule has 3 rings (SSSR count). The van der Waals surface area contributed by atoms with Crippen LogP contribution in [0.15, 0.2) is 30.3 Å². The fourth-order valence-corrected chi connectivity index (χ4v) is 4.33. The Morgan fingerprint density at radius 3 is 2.92 bits per heavy atom. The first-order valence-corrected chi connectivity index (χ1v) is 9.16. The molecule has 0 bridgehead atoms. The Morgan fingerprint density at radius 1 is 1.29 bits per heavy atom. The number of carbonyl (C=O) groups excluding carboxylic acids is 1. The zero-order chi connectivity index (χ0) is 16.9. The van der Waals surface area contributed by atoms with Gasteiger partial charge in [0, 0.05) is 16.0 Å². The molecule has 122 valence electrons. The maximum Gasteiger partial charge on any atom is 0.249 e. The predicted octanol–water partition coefficient (Wildman–Crippen LogP) is 5.19. The number of carbonyl (C=O) groups is 1. The zero-order valence-electron chi connectivity index (χ0n) is 13.1. The molecular formula is C19H17ClN2OS. The highest BCUT2D eigenvalue weighted by atomic mass is 35.5. The molecule has 0 saturated carbocycles. The van der Waals surface area contributed by atoms with E-state index in [0.717, 1.165) is 36.8 Å². The number of nitriles is 1. The van der Waals surface area contributed by atoms with Crippen molar-refractivity contribution in [2.24, 2.45) is 0 Å². The molecule has 1 amide bonds. The molecule has 0 fully saturated rings. The number of nitrogens with zero attached hydrogens (tertiary/aromatic N) is 1. The fourth-order valence-electron chi connectivity index (χ4n) is 2.88. The number of hydrogen-bond donors (Lipinski definition) is 1. The summed E-state index contributed by atoms with van der Waals surface area (Å²) in [5.41, 5.74) is 2.63. The number of amides is 1. The molecule has 0 unspecified atom stereocenters. The number of halogens is 1. The second-order valence-corrected chi connectivity index (χ2v) is 7.30. The van der Waals surface area contributed by atoms with E-state index >= 15 is 0 Å². The lowest BCUT2D eigenvalue weighted by atomic mass is 10.1. The van der Waals surface area contributed by atoms with Crippen LogP contribution in [0.25, 0.3) is 6.08 Å². The van der Waals surface area contributed by atoms with E-state index in [0.29, 0.717) is 15.6 Å². The van der Waals surface area contributed by atoms with Gasteiger partial charge >= 0.3 is 0 Å². The van der Waals surface area contributed by atoms with Crippen LogP contribution in [0.3, 0.4) is 0 Å². The first-order chi connectivity index (χ1) is 11.7. The van der Waals surface area contributed by atoms with Crippen LogP contribution < -0.4 is 5.32 Å². The van der Waals surface area contributed by atoms with E-state index < -0.39 is 0 Å². The number of aryl methyl sites for hydroxylation is 1. The van der Waals surface area contributed by atoms with Crippen molar-refractivity contribution in [1.82, 2.24) is 0 Å². The second kappa shape index (κ2) is 7.65. The van der Waals surface area contributed by atoms with Crippen LogP contribution in [0.1, 0.15) is 40.8 Å². The summed E-state index contributed by atoms with van der Waals surface area (Å²) in [5.74, 6) is -0.233. The number of anilines is 1. The summed E-state index contributed by atoms with van der Waals surface area (Å²) in [5, 5.41) is 13.6. The number of rotatable bonds is 3. The number of hydrogen-bond acceptors (Lipinski definition) is 3. The Morgan fingerprint density at radius 2 is 2.12 bits per heavy atom. The Kier molecular flexibility index (Phi) is 5.34. The van der Waals surface area contributed by atoms with Gasteiger partial charge in [-0.05, 0) is 55.0 Å². The van der Waals surface area contributed by atoms with E-state index in [9.17, 15) is 10.1 Å². The SMILES string of the molecule is N#Cc1c(NC(=O)/C=C/c2cccc(Cl)c2)sc2c1CCCCC2. The molecule has 2 aromatic rings. The summed E-state index contributed by atoms with van der Waals surface area (Å²) in [6, 6.07) is 9.57. The van der Waals surface area contributed by atoms with Crippen molar-refractivity contribution in [3.63, 3.8) is 0 Å². The summed E-state index contributed by atoms with van der Waals surface area (Å²) >= 11 is 7.47. The quantitative estimate of drug-likeness (QED) is 0.607. The molecule has 1 aromatic heterocycles. The van der Waals surface area contributed by atoms with Crippen molar-refractivity contribution in [1.29, 1.82) is 5.26 Å². The molecule has 1 N–H and O–H groups in total. The number of fused-ring (bicyclic) bond motifs is 1. The highest BCUT2D eigenvalue weighted by Crippen LogP contribution is 2.36. The molecule has 24 heavy (non-hydrogen) atoms. The monoisotopic (exact) mass is 356 g/mol. The summed E-state index contributed by atoms with van der Waals surface area (Å²) in [4.78, 5) is 13.4. The van der Waals surface area contributed by atoms with Gasteiger partial charge in [0.2, 0.25) is 5.91 Å². The second-order valence-electron chi connectivity index (χ2n) is 5.76. The average Bonchev–Trinajstić information content (AvgIpc) is 2.73. The van der Waals surface area contributed by atoms with Gasteiger partial charge < -0.3 is 5.32 Å². The maximum absolute atomic E-state index is 12.2. The normalized spacial score (nSPS) is 14.0. The van der Waals surface area contributed by atoms with Crippen LogP contribution >= 0.6 is 22.9 Å². The standard InChI is InChI=1S/C19H17ClN2OS/c20-14-6-4-5-13(11-14)9-10-18(23)22-19-16(12-21)15-7-2-1-3-8-17(15)24-19/h4-6,9-11H,1-3,7-8H2,(H,22,23)/b10-9+. The van der Waals surface area contributed by atoms with Crippen LogP contribution in [0.5, 0.6) is 0 Å². The zero-order valence-corrected chi connectivity index (χ0v) is 14.7. The van der Waals surface area contributed by atoms with Gasteiger partial charge in [0.25, 0.3) is 0 Å². The van der Waals surface area contributed by atoms with Gasteiger partial charge in [0.05, 0.1) is 5.56 Å². The fraction of sp³-hybridized carbons (Fsp3) is 0.263. The Hall–Kier alpha value is -2.09. The Labute approximate surface area is 150 Å². The van der Waals surface area contributed by atoms with Gasteiger partial charge in [-0.15, -0.1) is 11.3 Å². The topological polar surface area (TPSA) is 52.9 Å². The Bertz CT molecular complexity index is 832. The highest BCUT2D eigenvalue weighted by Gasteiger charge is 2.20. The summed E-state index contributed by atoms with van der Waals surface area (Å²) in [7, 11) is 0. The summed E-state index contributed by atoms with van der Waals surface area (Å²) in [6.45, 7) is 0. The largest absolute Gasteiger partial charge is 0.313 e. The summed E-state index contributed by atoms with van der Waals surface area (Å²) in [6.07, 6.45) is 8.59. The van der Waals surface area contributed by atoms with E-state index in [1.54, 1.807) is 29.5 Å². The van der Waals surface area contributed by atoms with Crippen LogP contribution in [-0.4, -0.2) is 5.91 Å². The minimum Gasteiger partial charge on any atom is -0.313 e. The molecule has 0 saturated heterocycles. The molecular weight excluding hydrogens is 340 g/mol. The van der Waals surface area contributed by atoms with E-state index in [-0.39, 0.29) is 5.91 Å². The van der Waals surface area contributed by atoms with Crippen molar-refractivity contribution in [3.8, 4) is 6.07 Å². The lowest BCUT2D eigenvalue weighted by Crippen LogP contribution is -2.07. The van der Waals surface area contributed by atoms with Gasteiger partial charge in [-0.25, -0.2) is 0 Å². The smallest absolute Gasteiger partial charge is 0.249 e. The predicted molar refractivity (Wildman–Crippen MR) is 99.4 cm³/mol. The first-order valence-electron chi connectivity index (χ1n) is 7.96. The van der Waals surface area contributed by atoms with Crippen molar-refractivity contribution in [3.05, 3.63) is 56.9 Å². The molecule has 0 atom stereocenters. The van der Waals surface area contributed by atoms with Crippen LogP contribution in [0.4, 0.5) is 5.00 Å². The van der Waals surface area contributed by atoms with E-state index in [1.807, 2.05) is 12.1 Å². The average molecular weight is 357 g/mol. The summed E-state index contributed by atoms with van der Waals surface area (Å²) < 4.78 is 0. The number of benzene rings is 1. The lowest BCUT2D eigenvalue weighted by molar-refractivity contribution is -0.111. The van der Waals surface area contributed by atoms with Gasteiger partial charge in [-0.2, -0.15) is 5.26 Å². The Balaban J connectivity index is 1.76. The van der Waals surface area contributed by atoms with Crippen LogP contribution in [-0.2, 0) is 17.6 Å². The first kappa shape index (κ1) is 16.8. The van der Waals surface area contributed by atoms with E-state index in [1.165, 1.54) is 17.4 Å². The third-order valence-electron chi connectivity index (χ3n) is 4.05. The highest BCUT2D eigenvalue weighted by molar-refractivity contribution is 7.16. The van der Waals surface area contributed by atoms with Crippen molar-refractivity contribution >= 4 is 39.9 Å². The number of thiophene rings is 1. The molecule has 5 heteroatoms. The van der Waals surface area contributed by atoms with Gasteiger partial charge in [-0.1, -0.05) is 30.2 Å². The third-order valence-corrected chi connectivity index (χ3v) is 5.49. The van der Waals surface area contributed by atoms with Crippen molar-refractivity contribution in [2.45, 2.75) is 32.1 Å². The minimum absolute atomic E-state index is 0.233. The van der Waals surface area contributed by atoms with Gasteiger partial charge in [0.15, 0.2) is 0 Å². The van der Waals surface area contributed by atoms with Crippen molar-refractivity contribution < 1.29 is 4.79 Å². The maximum atomic E-state index is 12.2. The molecule has 0 spiro atoms. The van der Waals surface area contributed by atoms with E-state index in [2.05, 4.69) is 11.4 Å². The molecule has 0 aliphatic heterocycles. The minimum atomic E-state index is -0.233. The molecule has 1 aliphatic carbocycles.